The number of tetrazole rings is 1. The van der Waals surface area contributed by atoms with Gasteiger partial charge in [0, 0.05) is 5.92 Å². The van der Waals surface area contributed by atoms with Gasteiger partial charge in [0.15, 0.2) is 5.82 Å². The number of aromatic nitrogens is 4. The summed E-state index contributed by atoms with van der Waals surface area (Å²) in [5.74, 6) is 1.38. The molecule has 3 rings (SSSR count). The summed E-state index contributed by atoms with van der Waals surface area (Å²) >= 11 is 5.94. The second kappa shape index (κ2) is 5.17. The first-order valence-corrected chi connectivity index (χ1v) is 6.97. The van der Waals surface area contributed by atoms with Crippen LogP contribution in [-0.2, 0) is 0 Å². The molecule has 19 heavy (non-hydrogen) atoms. The SMILES string of the molecule is Nc1cc(-n2nnnc2C2CCCCC2)ccc1Cl. The quantitative estimate of drug-likeness (QED) is 0.857. The van der Waals surface area contributed by atoms with E-state index in [0.717, 1.165) is 24.4 Å². The Morgan fingerprint density at radius 1 is 1.21 bits per heavy atom. The molecule has 1 aliphatic rings. The highest BCUT2D eigenvalue weighted by Crippen LogP contribution is 2.32. The lowest BCUT2D eigenvalue weighted by Crippen LogP contribution is -2.12. The third-order valence-corrected chi connectivity index (χ3v) is 4.03. The predicted octanol–water partition coefficient (Wildman–Crippen LogP) is 2.95. The maximum atomic E-state index is 5.94. The first-order chi connectivity index (χ1) is 9.25. The minimum absolute atomic E-state index is 0.445. The molecule has 1 saturated carbocycles. The Balaban J connectivity index is 1.96. The summed E-state index contributed by atoms with van der Waals surface area (Å²) in [7, 11) is 0. The zero-order valence-electron chi connectivity index (χ0n) is 10.6. The van der Waals surface area contributed by atoms with Crippen LogP contribution in [0.15, 0.2) is 18.2 Å². The van der Waals surface area contributed by atoms with Crippen molar-refractivity contribution in [1.29, 1.82) is 0 Å². The predicted molar refractivity (Wildman–Crippen MR) is 74.4 cm³/mol. The first-order valence-electron chi connectivity index (χ1n) is 6.59. The Labute approximate surface area is 116 Å². The number of anilines is 1. The summed E-state index contributed by atoms with van der Waals surface area (Å²) < 4.78 is 1.78. The van der Waals surface area contributed by atoms with Gasteiger partial charge in [0.05, 0.1) is 16.4 Å². The first kappa shape index (κ1) is 12.4. The van der Waals surface area contributed by atoms with Crippen LogP contribution in [0, 0.1) is 0 Å². The van der Waals surface area contributed by atoms with Crippen LogP contribution in [0.4, 0.5) is 5.69 Å². The largest absolute Gasteiger partial charge is 0.397 e. The topological polar surface area (TPSA) is 69.6 Å². The van der Waals surface area contributed by atoms with E-state index in [9.17, 15) is 0 Å². The Morgan fingerprint density at radius 2 is 2.00 bits per heavy atom. The fourth-order valence-electron chi connectivity index (χ4n) is 2.66. The van der Waals surface area contributed by atoms with Crippen molar-refractivity contribution in [2.75, 3.05) is 5.73 Å². The molecule has 0 saturated heterocycles. The molecule has 0 unspecified atom stereocenters. The molecular formula is C13H16ClN5. The second-order valence-electron chi connectivity index (χ2n) is 4.99. The van der Waals surface area contributed by atoms with Gasteiger partial charge in [0.1, 0.15) is 0 Å². The van der Waals surface area contributed by atoms with Gasteiger partial charge in [-0.3, -0.25) is 0 Å². The molecule has 1 heterocycles. The highest BCUT2D eigenvalue weighted by atomic mass is 35.5. The van der Waals surface area contributed by atoms with Crippen LogP contribution >= 0.6 is 11.6 Å². The van der Waals surface area contributed by atoms with Gasteiger partial charge < -0.3 is 5.73 Å². The van der Waals surface area contributed by atoms with Crippen molar-refractivity contribution in [1.82, 2.24) is 20.2 Å². The van der Waals surface area contributed by atoms with Gasteiger partial charge in [-0.1, -0.05) is 30.9 Å². The Morgan fingerprint density at radius 3 is 2.74 bits per heavy atom. The van der Waals surface area contributed by atoms with Gasteiger partial charge in [-0.25, -0.2) is 0 Å². The number of nitrogens with zero attached hydrogens (tertiary/aromatic N) is 4. The van der Waals surface area contributed by atoms with Crippen molar-refractivity contribution in [3.05, 3.63) is 29.0 Å². The van der Waals surface area contributed by atoms with Crippen LogP contribution in [0.1, 0.15) is 43.8 Å². The lowest BCUT2D eigenvalue weighted by Gasteiger charge is -2.20. The molecule has 1 fully saturated rings. The second-order valence-corrected chi connectivity index (χ2v) is 5.40. The summed E-state index contributed by atoms with van der Waals surface area (Å²) in [6.07, 6.45) is 6.12. The number of hydrogen-bond donors (Lipinski definition) is 1. The van der Waals surface area contributed by atoms with Gasteiger partial charge in [-0.2, -0.15) is 4.68 Å². The lowest BCUT2D eigenvalue weighted by atomic mass is 9.89. The van der Waals surface area contributed by atoms with Crippen LogP contribution in [0.5, 0.6) is 0 Å². The average molecular weight is 278 g/mol. The summed E-state index contributed by atoms with van der Waals surface area (Å²) in [5, 5.41) is 12.7. The van der Waals surface area contributed by atoms with E-state index in [1.165, 1.54) is 19.3 Å². The molecule has 100 valence electrons. The minimum atomic E-state index is 0.445. The van der Waals surface area contributed by atoms with E-state index < -0.39 is 0 Å². The number of nitrogen functional groups attached to an aromatic ring is 1. The van der Waals surface area contributed by atoms with Gasteiger partial charge in [0.2, 0.25) is 0 Å². The van der Waals surface area contributed by atoms with Crippen molar-refractivity contribution in [3.8, 4) is 5.69 Å². The molecule has 1 aromatic heterocycles. The molecule has 6 heteroatoms. The molecule has 2 N–H and O–H groups in total. The maximum absolute atomic E-state index is 5.94. The summed E-state index contributed by atoms with van der Waals surface area (Å²) in [6.45, 7) is 0. The van der Waals surface area contributed by atoms with E-state index in [0.29, 0.717) is 16.6 Å². The van der Waals surface area contributed by atoms with Crippen molar-refractivity contribution < 1.29 is 0 Å². The lowest BCUT2D eigenvalue weighted by molar-refractivity contribution is 0.422. The van der Waals surface area contributed by atoms with Crippen LogP contribution in [0.25, 0.3) is 5.69 Å². The van der Waals surface area contributed by atoms with Crippen molar-refractivity contribution in [2.24, 2.45) is 0 Å². The van der Waals surface area contributed by atoms with E-state index in [-0.39, 0.29) is 0 Å². The van der Waals surface area contributed by atoms with E-state index >= 15 is 0 Å². The monoisotopic (exact) mass is 277 g/mol. The molecule has 0 atom stereocenters. The summed E-state index contributed by atoms with van der Waals surface area (Å²) in [4.78, 5) is 0. The molecule has 5 nitrogen and oxygen atoms in total. The molecule has 0 amide bonds. The highest BCUT2D eigenvalue weighted by molar-refractivity contribution is 6.33. The zero-order valence-corrected chi connectivity index (χ0v) is 11.3. The molecule has 1 aliphatic carbocycles. The van der Waals surface area contributed by atoms with Gasteiger partial charge in [-0.05, 0) is 41.5 Å². The van der Waals surface area contributed by atoms with E-state index in [1.54, 1.807) is 10.7 Å². The standard InChI is InChI=1S/C13H16ClN5/c14-11-7-6-10(8-12(11)15)19-13(16-17-18-19)9-4-2-1-3-5-9/h6-9H,1-5,15H2. The zero-order chi connectivity index (χ0) is 13.2. The molecule has 1 aromatic carbocycles. The van der Waals surface area contributed by atoms with E-state index in [4.69, 9.17) is 17.3 Å². The van der Waals surface area contributed by atoms with Crippen LogP contribution in [0.2, 0.25) is 5.02 Å². The number of nitrogens with two attached hydrogens (primary N) is 1. The summed E-state index contributed by atoms with van der Waals surface area (Å²) in [6, 6.07) is 5.48. The molecule has 2 aromatic rings. The molecular weight excluding hydrogens is 262 g/mol. The third-order valence-electron chi connectivity index (χ3n) is 3.69. The molecule has 0 radical (unpaired) electrons. The fourth-order valence-corrected chi connectivity index (χ4v) is 2.77. The third kappa shape index (κ3) is 2.42. The number of rotatable bonds is 2. The summed E-state index contributed by atoms with van der Waals surface area (Å²) in [5.41, 5.74) is 7.26. The van der Waals surface area contributed by atoms with Crippen LogP contribution in [0.3, 0.4) is 0 Å². The Bertz CT molecular complexity index is 574. The van der Waals surface area contributed by atoms with Gasteiger partial charge in [0.25, 0.3) is 0 Å². The molecule has 0 bridgehead atoms. The van der Waals surface area contributed by atoms with Gasteiger partial charge >= 0.3 is 0 Å². The number of benzene rings is 1. The molecule has 0 aliphatic heterocycles. The highest BCUT2D eigenvalue weighted by Gasteiger charge is 2.22. The normalized spacial score (nSPS) is 16.7. The number of hydrogen-bond acceptors (Lipinski definition) is 4. The maximum Gasteiger partial charge on any atom is 0.159 e. The average Bonchev–Trinajstić information content (AvgIpc) is 2.92. The van der Waals surface area contributed by atoms with Crippen molar-refractivity contribution >= 4 is 17.3 Å². The van der Waals surface area contributed by atoms with Crippen molar-refractivity contribution in [2.45, 2.75) is 38.0 Å². The minimum Gasteiger partial charge on any atom is -0.397 e. The fraction of sp³-hybridized carbons (Fsp3) is 0.462. The van der Waals surface area contributed by atoms with Crippen LogP contribution in [-0.4, -0.2) is 20.2 Å². The Kier molecular flexibility index (Phi) is 3.38. The van der Waals surface area contributed by atoms with Crippen molar-refractivity contribution in [3.63, 3.8) is 0 Å². The number of halogens is 1. The van der Waals surface area contributed by atoms with Crippen LogP contribution < -0.4 is 5.73 Å². The van der Waals surface area contributed by atoms with Gasteiger partial charge in [-0.15, -0.1) is 5.10 Å². The van der Waals surface area contributed by atoms with E-state index in [2.05, 4.69) is 15.5 Å². The Hall–Kier alpha value is -1.62. The van der Waals surface area contributed by atoms with E-state index in [1.807, 2.05) is 12.1 Å². The smallest absolute Gasteiger partial charge is 0.159 e. The molecule has 0 spiro atoms.